The molecule has 0 rings (SSSR count). The van der Waals surface area contributed by atoms with Gasteiger partial charge in [-0.1, -0.05) is 24.3 Å². The second kappa shape index (κ2) is 4.45. The van der Waals surface area contributed by atoms with Crippen molar-refractivity contribution in [2.24, 2.45) is 0 Å². The normalized spacial score (nSPS) is 9.90. The van der Waals surface area contributed by atoms with Gasteiger partial charge in [0.25, 0.3) is 0 Å². The van der Waals surface area contributed by atoms with E-state index >= 15 is 0 Å². The van der Waals surface area contributed by atoms with Crippen LogP contribution in [0, 0.1) is 0 Å². The van der Waals surface area contributed by atoms with Crippen LogP contribution in [-0.4, -0.2) is 15.7 Å². The van der Waals surface area contributed by atoms with Gasteiger partial charge in [0.05, 0.1) is 0 Å². The van der Waals surface area contributed by atoms with Gasteiger partial charge < -0.3 is 0 Å². The van der Waals surface area contributed by atoms with E-state index in [0.29, 0.717) is 11.5 Å². The van der Waals surface area contributed by atoms with Crippen LogP contribution in [0.1, 0.15) is 13.8 Å². The van der Waals surface area contributed by atoms with Crippen LogP contribution in [0.4, 0.5) is 0 Å². The first-order valence-electron chi connectivity index (χ1n) is 3.16. The van der Waals surface area contributed by atoms with Crippen LogP contribution in [0.2, 0.25) is 0 Å². The van der Waals surface area contributed by atoms with Gasteiger partial charge in [-0.3, -0.25) is 4.21 Å². The summed E-state index contributed by atoms with van der Waals surface area (Å²) < 4.78 is 11.1. The van der Waals surface area contributed by atoms with E-state index in [9.17, 15) is 4.21 Å². The summed E-state index contributed by atoms with van der Waals surface area (Å²) in [5, 5.41) is 0. The summed E-state index contributed by atoms with van der Waals surface area (Å²) in [6, 6.07) is 0. The predicted molar refractivity (Wildman–Crippen MR) is 47.5 cm³/mol. The summed E-state index contributed by atoms with van der Waals surface area (Å²) in [6.07, 6.45) is 0. The first kappa shape index (κ1) is 9.63. The van der Waals surface area contributed by atoms with E-state index in [1.165, 1.54) is 0 Å². The average molecular weight is 158 g/mol. The Morgan fingerprint density at radius 3 is 1.70 bits per heavy atom. The Kier molecular flexibility index (Phi) is 4.28. The number of hydrogen-bond donors (Lipinski definition) is 0. The monoisotopic (exact) mass is 158 g/mol. The fourth-order valence-electron chi connectivity index (χ4n) is 0.601. The maximum Gasteiger partial charge on any atom is 0.0442 e. The molecule has 0 unspecified atom stereocenters. The molecule has 1 nitrogen and oxygen atoms in total. The zero-order chi connectivity index (χ0) is 8.15. The van der Waals surface area contributed by atoms with Crippen molar-refractivity contribution in [2.45, 2.75) is 13.8 Å². The fourth-order valence-corrected chi connectivity index (χ4v) is 1.80. The van der Waals surface area contributed by atoms with Gasteiger partial charge in [0, 0.05) is 22.3 Å². The first-order chi connectivity index (χ1) is 4.52. The molecule has 10 heavy (non-hydrogen) atoms. The molecule has 0 aliphatic heterocycles. The highest BCUT2D eigenvalue weighted by Gasteiger charge is 1.98. The van der Waals surface area contributed by atoms with Crippen LogP contribution in [-0.2, 0) is 10.8 Å². The number of rotatable bonds is 4. The molecule has 0 bridgehead atoms. The Morgan fingerprint density at radius 1 is 1.20 bits per heavy atom. The van der Waals surface area contributed by atoms with E-state index in [2.05, 4.69) is 13.2 Å². The van der Waals surface area contributed by atoms with Gasteiger partial charge in [0.2, 0.25) is 0 Å². The molecule has 0 aromatic carbocycles. The molecule has 0 radical (unpaired) electrons. The van der Waals surface area contributed by atoms with Crippen molar-refractivity contribution < 1.29 is 4.21 Å². The zero-order valence-electron chi connectivity index (χ0n) is 6.64. The minimum absolute atomic E-state index is 0.604. The molecule has 0 aromatic heterocycles. The third-order valence-electron chi connectivity index (χ3n) is 0.815. The van der Waals surface area contributed by atoms with Gasteiger partial charge in [0.1, 0.15) is 0 Å². The van der Waals surface area contributed by atoms with Crippen molar-refractivity contribution in [1.29, 1.82) is 0 Å². The molecule has 0 saturated carbocycles. The number of hydrogen-bond acceptors (Lipinski definition) is 1. The van der Waals surface area contributed by atoms with Crippen LogP contribution in [0.25, 0.3) is 0 Å². The van der Waals surface area contributed by atoms with Gasteiger partial charge in [-0.2, -0.15) is 0 Å². The van der Waals surface area contributed by atoms with Gasteiger partial charge >= 0.3 is 0 Å². The highest BCUT2D eigenvalue weighted by atomic mass is 32.2. The Labute approximate surface area is 65.3 Å². The van der Waals surface area contributed by atoms with E-state index in [4.69, 9.17) is 0 Å². The first-order valence-corrected chi connectivity index (χ1v) is 4.65. The molecule has 0 aliphatic carbocycles. The smallest absolute Gasteiger partial charge is 0.0442 e. The molecular weight excluding hydrogens is 144 g/mol. The van der Waals surface area contributed by atoms with Crippen LogP contribution in [0.15, 0.2) is 24.3 Å². The predicted octanol–water partition coefficient (Wildman–Crippen LogP) is 1.89. The second-order valence-corrected chi connectivity index (χ2v) is 4.10. The zero-order valence-corrected chi connectivity index (χ0v) is 7.46. The molecular formula is C8H14OS. The molecule has 0 aliphatic rings. The summed E-state index contributed by atoms with van der Waals surface area (Å²) in [4.78, 5) is 0. The second-order valence-electron chi connectivity index (χ2n) is 2.64. The minimum atomic E-state index is -0.779. The summed E-state index contributed by atoms with van der Waals surface area (Å²) >= 11 is 0. The largest absolute Gasteiger partial charge is 0.259 e. The molecule has 0 saturated heterocycles. The molecule has 58 valence electrons. The summed E-state index contributed by atoms with van der Waals surface area (Å²) in [6.45, 7) is 11.1. The van der Waals surface area contributed by atoms with Crippen molar-refractivity contribution in [2.75, 3.05) is 11.5 Å². The highest BCUT2D eigenvalue weighted by molar-refractivity contribution is 7.85. The van der Waals surface area contributed by atoms with Crippen molar-refractivity contribution >= 4 is 10.8 Å². The summed E-state index contributed by atoms with van der Waals surface area (Å²) in [5.74, 6) is 1.21. The SMILES string of the molecule is C=C(C)CS(=O)CC(=C)C. The lowest BCUT2D eigenvalue weighted by atomic mass is 10.4. The van der Waals surface area contributed by atoms with E-state index in [-0.39, 0.29) is 0 Å². The van der Waals surface area contributed by atoms with Gasteiger partial charge in [-0.05, 0) is 13.8 Å². The van der Waals surface area contributed by atoms with Crippen LogP contribution < -0.4 is 0 Å². The molecule has 0 amide bonds. The van der Waals surface area contributed by atoms with Crippen molar-refractivity contribution in [3.05, 3.63) is 24.3 Å². The topological polar surface area (TPSA) is 17.1 Å². The van der Waals surface area contributed by atoms with Crippen molar-refractivity contribution in [3.8, 4) is 0 Å². The van der Waals surface area contributed by atoms with Gasteiger partial charge in [-0.15, -0.1) is 0 Å². The lowest BCUT2D eigenvalue weighted by Crippen LogP contribution is -2.03. The van der Waals surface area contributed by atoms with Gasteiger partial charge in [0.15, 0.2) is 0 Å². The molecule has 0 aromatic rings. The lowest BCUT2D eigenvalue weighted by Gasteiger charge is -1.99. The molecule has 0 fully saturated rings. The Balaban J connectivity index is 3.65. The van der Waals surface area contributed by atoms with Crippen LogP contribution in [0.5, 0.6) is 0 Å². The fraction of sp³-hybridized carbons (Fsp3) is 0.500. The summed E-state index contributed by atoms with van der Waals surface area (Å²) in [5.41, 5.74) is 1.94. The van der Waals surface area contributed by atoms with E-state index in [1.54, 1.807) is 0 Å². The van der Waals surface area contributed by atoms with E-state index in [1.807, 2.05) is 13.8 Å². The standard InChI is InChI=1S/C8H14OS/c1-7(2)5-10(9)6-8(3)4/h1,3,5-6H2,2,4H3. The summed E-state index contributed by atoms with van der Waals surface area (Å²) in [7, 11) is -0.779. The molecule has 0 atom stereocenters. The van der Waals surface area contributed by atoms with Crippen molar-refractivity contribution in [1.82, 2.24) is 0 Å². The highest BCUT2D eigenvalue weighted by Crippen LogP contribution is 1.97. The molecule has 0 heterocycles. The van der Waals surface area contributed by atoms with Crippen LogP contribution in [0.3, 0.4) is 0 Å². The Bertz CT molecular complexity index is 152. The maximum absolute atomic E-state index is 11.1. The minimum Gasteiger partial charge on any atom is -0.259 e. The van der Waals surface area contributed by atoms with E-state index < -0.39 is 10.8 Å². The maximum atomic E-state index is 11.1. The average Bonchev–Trinajstić information content (AvgIpc) is 1.58. The third kappa shape index (κ3) is 5.76. The third-order valence-corrected chi connectivity index (χ3v) is 2.44. The molecule has 0 spiro atoms. The van der Waals surface area contributed by atoms with E-state index in [0.717, 1.165) is 11.1 Å². The quantitative estimate of drug-likeness (QED) is 0.571. The van der Waals surface area contributed by atoms with Gasteiger partial charge in [-0.25, -0.2) is 0 Å². The molecule has 0 N–H and O–H groups in total. The van der Waals surface area contributed by atoms with Crippen molar-refractivity contribution in [3.63, 3.8) is 0 Å². The Hall–Kier alpha value is -0.370. The van der Waals surface area contributed by atoms with Crippen LogP contribution >= 0.6 is 0 Å². The Morgan fingerprint density at radius 2 is 1.50 bits per heavy atom. The molecule has 2 heteroatoms. The lowest BCUT2D eigenvalue weighted by molar-refractivity contribution is 0.686.